The number of halogens is 2. The second-order valence-corrected chi connectivity index (χ2v) is 25.7. The SMILES string of the molecule is COC(=O)CCc1c(C)c2[nH]c1=Cc1[nH]c(c(C)c1CCC(=O)[O-])C=c1[nH]c(cc1C)=CC1=NC(=CC1(C)I)C=2.COC(=O)CCc1c(C)c2[nH]c1=Cc1[nH]c(c(C)c1CCC(=O)[O-])C=c1[nH]c(cc1C)=CC1=NC(=CC1(C)I)C=2.[Zn+2]. The largest absolute Gasteiger partial charge is 2.00 e. The molecule has 4 aliphatic heterocycles. The zero-order valence-corrected chi connectivity index (χ0v) is 54.5. The summed E-state index contributed by atoms with van der Waals surface area (Å²) in [5, 5.41) is 30.1. The number of nitrogens with one attached hydrogen (secondary N) is 6. The van der Waals surface area contributed by atoms with Crippen molar-refractivity contribution in [2.24, 2.45) is 9.98 Å². The second kappa shape index (κ2) is 24.5. The Hall–Kier alpha value is -6.58. The van der Waals surface area contributed by atoms with Gasteiger partial charge in [0.1, 0.15) is 0 Å². The fraction of sp³-hybridized carbons (Fsp3) is 0.323. The Morgan fingerprint density at radius 2 is 0.827 bits per heavy atom. The Balaban J connectivity index is 0.000000210. The maximum Gasteiger partial charge on any atom is 2.00 e. The summed E-state index contributed by atoms with van der Waals surface area (Å²) in [5.41, 5.74) is 17.1. The number of nitrogens with zero attached hydrogens (tertiary/aromatic N) is 2. The summed E-state index contributed by atoms with van der Waals surface area (Å²) >= 11 is 4.84. The summed E-state index contributed by atoms with van der Waals surface area (Å²) in [7, 11) is 2.78. The number of aliphatic imine (C=N–C) groups is 2. The number of carboxylic acid groups (broad SMARTS) is 2. The Bertz CT molecular complexity index is 3970. The van der Waals surface area contributed by atoms with Crippen LogP contribution in [0.5, 0.6) is 0 Å². The molecular weight excluding hydrogens is 1300 g/mol. The van der Waals surface area contributed by atoms with Gasteiger partial charge >= 0.3 is 31.4 Å². The van der Waals surface area contributed by atoms with Gasteiger partial charge in [-0.25, -0.2) is 0 Å². The van der Waals surface area contributed by atoms with Crippen LogP contribution in [0.4, 0.5) is 0 Å². The van der Waals surface area contributed by atoms with Crippen LogP contribution in [0.1, 0.15) is 118 Å². The van der Waals surface area contributed by atoms with Crippen LogP contribution in [0, 0.1) is 41.5 Å². The number of hydrogen-bond acceptors (Lipinski definition) is 10. The average Bonchev–Trinajstić information content (AvgIpc) is 4.46. The molecule has 81 heavy (non-hydrogen) atoms. The molecule has 16 bridgehead atoms. The van der Waals surface area contributed by atoms with E-state index < -0.39 is 11.9 Å². The van der Waals surface area contributed by atoms with Crippen LogP contribution in [0.25, 0.3) is 48.6 Å². The molecule has 6 N–H and O–H groups in total. The molecule has 0 saturated carbocycles. The van der Waals surface area contributed by atoms with E-state index in [9.17, 15) is 29.4 Å². The summed E-state index contributed by atoms with van der Waals surface area (Å²) in [6.45, 7) is 16.5. The number of carbonyl (C=O) groups excluding carboxylic acids is 4. The van der Waals surface area contributed by atoms with Crippen molar-refractivity contribution in [3.05, 3.63) is 157 Å². The first-order valence-electron chi connectivity index (χ1n) is 26.5. The first-order valence-corrected chi connectivity index (χ1v) is 28.6. The number of aromatic amines is 6. The molecule has 416 valence electrons. The van der Waals surface area contributed by atoms with Gasteiger partial charge in [0.15, 0.2) is 0 Å². The minimum absolute atomic E-state index is 0. The van der Waals surface area contributed by atoms with Gasteiger partial charge in [-0.15, -0.1) is 0 Å². The fourth-order valence-corrected chi connectivity index (χ4v) is 12.0. The smallest absolute Gasteiger partial charge is 0.550 e. The molecule has 0 spiro atoms. The van der Waals surface area contributed by atoms with E-state index in [2.05, 4.69) is 151 Å². The zero-order chi connectivity index (χ0) is 57.5. The van der Waals surface area contributed by atoms with Gasteiger partial charge in [0.05, 0.1) is 43.9 Å². The van der Waals surface area contributed by atoms with Crippen molar-refractivity contribution in [2.75, 3.05) is 14.2 Å². The molecule has 4 aliphatic rings. The summed E-state index contributed by atoms with van der Waals surface area (Å²) in [5.74, 6) is -2.73. The third kappa shape index (κ3) is 13.4. The number of aliphatic carboxylic acids is 2. The van der Waals surface area contributed by atoms with E-state index in [1.54, 1.807) is 0 Å². The van der Waals surface area contributed by atoms with E-state index in [0.717, 1.165) is 144 Å². The van der Waals surface area contributed by atoms with Gasteiger partial charge in [-0.05, 0) is 222 Å². The number of aryl methyl sites for hydroxylation is 2. The van der Waals surface area contributed by atoms with Crippen LogP contribution in [-0.4, -0.2) is 86.3 Å². The number of ether oxygens (including phenoxy) is 2. The second-order valence-electron chi connectivity index (χ2n) is 21.2. The van der Waals surface area contributed by atoms with Crippen molar-refractivity contribution in [1.82, 2.24) is 29.9 Å². The third-order valence-corrected chi connectivity index (χ3v) is 17.1. The molecule has 0 amide bonds. The van der Waals surface area contributed by atoms with E-state index >= 15 is 0 Å². The number of carboxylic acids is 2. The number of esters is 2. The molecule has 0 aliphatic carbocycles. The van der Waals surface area contributed by atoms with Crippen LogP contribution in [0.2, 0.25) is 0 Å². The van der Waals surface area contributed by atoms with Crippen molar-refractivity contribution >= 4 is 129 Å². The Kier molecular flexibility index (Phi) is 18.3. The third-order valence-electron chi connectivity index (χ3n) is 15.4. The van der Waals surface area contributed by atoms with Gasteiger partial charge in [0, 0.05) is 90.3 Å². The topological polar surface area (TPSA) is 252 Å². The minimum atomic E-state index is -1.09. The van der Waals surface area contributed by atoms with Gasteiger partial charge in [-0.3, -0.25) is 19.6 Å². The zero-order valence-electron chi connectivity index (χ0n) is 47.2. The predicted molar refractivity (Wildman–Crippen MR) is 326 cm³/mol. The van der Waals surface area contributed by atoms with E-state index in [0.29, 0.717) is 25.7 Å². The predicted octanol–water partition coefficient (Wildman–Crippen LogP) is 2.29. The van der Waals surface area contributed by atoms with Crippen molar-refractivity contribution in [2.45, 2.75) is 114 Å². The molecule has 0 saturated heterocycles. The number of carbonyl (C=O) groups is 4. The quantitative estimate of drug-likeness (QED) is 0.0458. The number of methoxy groups -OCH3 is 2. The minimum Gasteiger partial charge on any atom is -0.550 e. The average molecular weight is 1370 g/mol. The van der Waals surface area contributed by atoms with Crippen molar-refractivity contribution in [3.8, 4) is 0 Å². The molecule has 6 aromatic rings. The number of allylic oxidation sites excluding steroid dienone is 4. The molecule has 16 nitrogen and oxygen atoms in total. The Labute approximate surface area is 508 Å². The van der Waals surface area contributed by atoms with E-state index in [-0.39, 0.29) is 63.9 Å². The van der Waals surface area contributed by atoms with Crippen LogP contribution in [0.3, 0.4) is 0 Å². The first kappa shape index (κ1) is 60.5. The monoisotopic (exact) mass is 1370 g/mol. The van der Waals surface area contributed by atoms with Crippen LogP contribution >= 0.6 is 45.2 Å². The number of rotatable bonds is 12. The van der Waals surface area contributed by atoms with E-state index in [4.69, 9.17) is 19.5 Å². The summed E-state index contributed by atoms with van der Waals surface area (Å²) in [6, 6.07) is 4.22. The number of alkyl halides is 2. The maximum atomic E-state index is 12.0. The Morgan fingerprint density at radius 3 is 1.19 bits per heavy atom. The maximum absolute atomic E-state index is 12.0. The van der Waals surface area contributed by atoms with E-state index in [1.165, 1.54) is 14.2 Å². The van der Waals surface area contributed by atoms with Crippen LogP contribution in [0.15, 0.2) is 45.7 Å². The summed E-state index contributed by atoms with van der Waals surface area (Å²) in [6.07, 6.45) is 22.7. The standard InChI is InChI=1S/2C31H33IN4O4.Zn/c2*1-16-10-19-12-28-31(4,32)15-20(34-28)11-24-17(2)22(7-9-30(39)40-5)27(35-24)14-26-21(6-8-29(37)38)18(3)25(36-26)13-23(16)33-19;/h2*10-15,33,35-36H,6-9H2,1-5H3,(H,37,38);/q;;+2/p-2. The molecule has 6 aromatic heterocycles. The van der Waals surface area contributed by atoms with Gasteiger partial charge in [-0.2, -0.15) is 0 Å². The normalized spacial score (nSPS) is 17.4. The number of H-pyrrole nitrogens is 6. The van der Waals surface area contributed by atoms with Gasteiger partial charge in [0.25, 0.3) is 0 Å². The van der Waals surface area contributed by atoms with Gasteiger partial charge in [-0.1, -0.05) is 45.2 Å². The van der Waals surface area contributed by atoms with Gasteiger partial charge in [0.2, 0.25) is 0 Å². The fourth-order valence-electron chi connectivity index (χ4n) is 10.8. The number of hydrogen-bond donors (Lipinski definition) is 6. The van der Waals surface area contributed by atoms with Crippen molar-refractivity contribution in [1.29, 1.82) is 0 Å². The molecule has 10 heterocycles. The molecule has 0 aromatic carbocycles. The number of aromatic nitrogens is 6. The molecule has 19 heteroatoms. The molecule has 0 fully saturated rings. The van der Waals surface area contributed by atoms with Gasteiger partial charge < -0.3 is 59.2 Å². The van der Waals surface area contributed by atoms with Crippen LogP contribution < -0.4 is 53.0 Å². The van der Waals surface area contributed by atoms with Crippen molar-refractivity contribution < 1.29 is 58.3 Å². The van der Waals surface area contributed by atoms with Crippen LogP contribution in [-0.2, 0) is 73.8 Å². The summed E-state index contributed by atoms with van der Waals surface area (Å²) < 4.78 is 9.26. The molecular formula is C62H64I2N8O8Zn. The molecule has 2 atom stereocenters. The van der Waals surface area contributed by atoms with E-state index in [1.807, 2.05) is 52.0 Å². The number of fused-ring (bicyclic) bond motifs is 14. The molecule has 10 rings (SSSR count). The molecule has 2 unspecified atom stereocenters. The molecule has 0 radical (unpaired) electrons. The Morgan fingerprint density at radius 1 is 0.469 bits per heavy atom. The first-order chi connectivity index (χ1) is 37.9. The summed E-state index contributed by atoms with van der Waals surface area (Å²) in [4.78, 5) is 78.0. The van der Waals surface area contributed by atoms with Crippen molar-refractivity contribution in [3.63, 3.8) is 0 Å².